The number of piperidine rings is 1. The Balaban J connectivity index is 1.34. The number of likely N-dealkylation sites (tertiary alicyclic amines) is 1. The Labute approximate surface area is 183 Å². The minimum atomic E-state index is -0.323. The molecule has 0 spiro atoms. The number of aromatic nitrogens is 1. The molecular formula is C24H21N3O3S. The maximum absolute atomic E-state index is 13.3. The van der Waals surface area contributed by atoms with Crippen molar-refractivity contribution in [1.29, 1.82) is 0 Å². The van der Waals surface area contributed by atoms with Crippen LogP contribution in [0.15, 0.2) is 71.3 Å². The molecule has 6 nitrogen and oxygen atoms in total. The minimum Gasteiger partial charge on any atom is -0.459 e. The lowest BCUT2D eigenvalue weighted by atomic mass is 10.0. The second kappa shape index (κ2) is 8.35. The number of amides is 2. The summed E-state index contributed by atoms with van der Waals surface area (Å²) in [5, 5.41) is 3.77. The van der Waals surface area contributed by atoms with Gasteiger partial charge in [0.05, 0.1) is 22.5 Å². The summed E-state index contributed by atoms with van der Waals surface area (Å²) in [6.45, 7) is 0.719. The van der Waals surface area contributed by atoms with Crippen molar-refractivity contribution in [3.63, 3.8) is 0 Å². The number of thiazole rings is 1. The molecule has 2 aromatic carbocycles. The van der Waals surface area contributed by atoms with Crippen LogP contribution >= 0.6 is 11.3 Å². The molecule has 1 saturated heterocycles. The van der Waals surface area contributed by atoms with Gasteiger partial charge in [0.25, 0.3) is 11.8 Å². The van der Waals surface area contributed by atoms with Crippen molar-refractivity contribution in [1.82, 2.24) is 9.88 Å². The van der Waals surface area contributed by atoms with Gasteiger partial charge in [0.2, 0.25) is 0 Å². The van der Waals surface area contributed by atoms with E-state index in [4.69, 9.17) is 9.40 Å². The number of carbonyl (C=O) groups excluding carboxylic acids is 2. The number of nitrogens with zero attached hydrogens (tertiary/aromatic N) is 2. The molecule has 0 saturated carbocycles. The summed E-state index contributed by atoms with van der Waals surface area (Å²) in [6.07, 6.45) is 4.45. The lowest BCUT2D eigenvalue weighted by Gasteiger charge is -2.34. The SMILES string of the molecule is O=C(Nc1ccc(C(=O)N2CCCC[C@H]2c2nc3ccccc3s2)cc1)c1ccco1. The van der Waals surface area contributed by atoms with Gasteiger partial charge in [0, 0.05) is 17.8 Å². The minimum absolute atomic E-state index is 0.00279. The molecule has 0 radical (unpaired) electrons. The van der Waals surface area contributed by atoms with E-state index in [0.29, 0.717) is 11.3 Å². The van der Waals surface area contributed by atoms with Gasteiger partial charge in [-0.05, 0) is 67.8 Å². The molecule has 3 heterocycles. The summed E-state index contributed by atoms with van der Waals surface area (Å²) in [6, 6.07) is 18.3. The Morgan fingerprint density at radius 2 is 1.87 bits per heavy atom. The standard InChI is InChI=1S/C24H21N3O3S/c28-22(20-8-5-15-30-20)25-17-12-10-16(11-13-17)24(29)27-14-4-3-7-19(27)23-26-18-6-1-2-9-21(18)31-23/h1-2,5-6,8-13,15,19H,3-4,7,14H2,(H,25,28)/t19-/m0/s1. The van der Waals surface area contributed by atoms with Crippen molar-refractivity contribution in [3.8, 4) is 0 Å². The summed E-state index contributed by atoms with van der Waals surface area (Å²) in [5.74, 6) is -0.0870. The number of benzene rings is 2. The molecule has 0 unspecified atom stereocenters. The lowest BCUT2D eigenvalue weighted by molar-refractivity contribution is 0.0611. The van der Waals surface area contributed by atoms with Gasteiger partial charge >= 0.3 is 0 Å². The predicted molar refractivity (Wildman–Crippen MR) is 120 cm³/mol. The molecule has 156 valence electrons. The average Bonchev–Trinajstić information content (AvgIpc) is 3.49. The van der Waals surface area contributed by atoms with Gasteiger partial charge in [-0.25, -0.2) is 4.98 Å². The molecule has 2 amide bonds. The van der Waals surface area contributed by atoms with E-state index in [-0.39, 0.29) is 23.6 Å². The normalized spacial score (nSPS) is 16.4. The van der Waals surface area contributed by atoms with E-state index in [0.717, 1.165) is 41.0 Å². The van der Waals surface area contributed by atoms with Crippen LogP contribution in [-0.4, -0.2) is 28.2 Å². The van der Waals surface area contributed by atoms with E-state index in [1.165, 1.54) is 6.26 Å². The van der Waals surface area contributed by atoms with Crippen LogP contribution in [0.4, 0.5) is 5.69 Å². The van der Waals surface area contributed by atoms with Gasteiger partial charge in [-0.2, -0.15) is 0 Å². The third-order valence-electron chi connectivity index (χ3n) is 5.49. The maximum atomic E-state index is 13.3. The fraction of sp³-hybridized carbons (Fsp3) is 0.208. The van der Waals surface area contributed by atoms with E-state index in [1.54, 1.807) is 47.7 Å². The highest BCUT2D eigenvalue weighted by molar-refractivity contribution is 7.18. The van der Waals surface area contributed by atoms with Crippen molar-refractivity contribution < 1.29 is 14.0 Å². The molecule has 0 bridgehead atoms. The van der Waals surface area contributed by atoms with Crippen LogP contribution in [0.5, 0.6) is 0 Å². The van der Waals surface area contributed by atoms with Crippen molar-refractivity contribution in [2.45, 2.75) is 25.3 Å². The second-order valence-corrected chi connectivity index (χ2v) is 8.60. The molecule has 1 aliphatic heterocycles. The van der Waals surface area contributed by atoms with Crippen LogP contribution in [0.3, 0.4) is 0 Å². The van der Waals surface area contributed by atoms with E-state index < -0.39 is 0 Å². The van der Waals surface area contributed by atoms with Crippen molar-refractivity contribution in [2.24, 2.45) is 0 Å². The fourth-order valence-electron chi connectivity index (χ4n) is 3.93. The highest BCUT2D eigenvalue weighted by Crippen LogP contribution is 2.36. The van der Waals surface area contributed by atoms with Gasteiger partial charge in [0.1, 0.15) is 5.01 Å². The predicted octanol–water partition coefficient (Wildman–Crippen LogP) is 5.51. The summed E-state index contributed by atoms with van der Waals surface area (Å²) in [7, 11) is 0. The Morgan fingerprint density at radius 3 is 2.65 bits per heavy atom. The molecule has 4 aromatic rings. The lowest BCUT2D eigenvalue weighted by Crippen LogP contribution is -2.38. The third kappa shape index (κ3) is 3.96. The topological polar surface area (TPSA) is 75.4 Å². The molecule has 5 rings (SSSR count). The van der Waals surface area contributed by atoms with E-state index in [1.807, 2.05) is 23.1 Å². The van der Waals surface area contributed by atoms with Crippen LogP contribution in [0, 0.1) is 0 Å². The number of rotatable bonds is 4. The highest BCUT2D eigenvalue weighted by Gasteiger charge is 2.31. The Hall–Kier alpha value is -3.45. The molecule has 1 aliphatic rings. The molecule has 1 N–H and O–H groups in total. The van der Waals surface area contributed by atoms with Gasteiger partial charge in [-0.15, -0.1) is 11.3 Å². The quantitative estimate of drug-likeness (QED) is 0.462. The average molecular weight is 432 g/mol. The molecule has 31 heavy (non-hydrogen) atoms. The maximum Gasteiger partial charge on any atom is 0.291 e. The zero-order valence-electron chi connectivity index (χ0n) is 16.8. The largest absolute Gasteiger partial charge is 0.459 e. The first-order valence-corrected chi connectivity index (χ1v) is 11.1. The first-order valence-electron chi connectivity index (χ1n) is 10.3. The van der Waals surface area contributed by atoms with E-state index >= 15 is 0 Å². The number of hydrogen-bond donors (Lipinski definition) is 1. The highest BCUT2D eigenvalue weighted by atomic mass is 32.1. The zero-order valence-corrected chi connectivity index (χ0v) is 17.6. The smallest absolute Gasteiger partial charge is 0.291 e. The number of anilines is 1. The molecule has 0 aliphatic carbocycles. The summed E-state index contributed by atoms with van der Waals surface area (Å²) >= 11 is 1.67. The van der Waals surface area contributed by atoms with Gasteiger partial charge < -0.3 is 14.6 Å². The number of furan rings is 1. The van der Waals surface area contributed by atoms with E-state index in [2.05, 4.69) is 11.4 Å². The van der Waals surface area contributed by atoms with Crippen molar-refractivity contribution >= 4 is 39.1 Å². The third-order valence-corrected chi connectivity index (χ3v) is 6.63. The molecule has 1 fully saturated rings. The van der Waals surface area contributed by atoms with Gasteiger partial charge in [-0.1, -0.05) is 12.1 Å². The summed E-state index contributed by atoms with van der Waals surface area (Å²) in [4.78, 5) is 32.2. The van der Waals surface area contributed by atoms with Crippen LogP contribution in [0.1, 0.15) is 51.2 Å². The first kappa shape index (κ1) is 19.5. The summed E-state index contributed by atoms with van der Waals surface area (Å²) in [5.41, 5.74) is 2.19. The van der Waals surface area contributed by atoms with Crippen LogP contribution < -0.4 is 5.32 Å². The molecular weight excluding hydrogens is 410 g/mol. The van der Waals surface area contributed by atoms with Crippen LogP contribution in [0.25, 0.3) is 10.2 Å². The number of para-hydroxylation sites is 1. The number of fused-ring (bicyclic) bond motifs is 1. The van der Waals surface area contributed by atoms with Crippen molar-refractivity contribution in [2.75, 3.05) is 11.9 Å². The first-order chi connectivity index (χ1) is 15.2. The number of carbonyl (C=O) groups is 2. The van der Waals surface area contributed by atoms with Gasteiger partial charge in [0.15, 0.2) is 5.76 Å². The molecule has 1 atom stereocenters. The van der Waals surface area contributed by atoms with Crippen LogP contribution in [-0.2, 0) is 0 Å². The molecule has 7 heteroatoms. The number of nitrogens with one attached hydrogen (secondary N) is 1. The van der Waals surface area contributed by atoms with Gasteiger partial charge in [-0.3, -0.25) is 9.59 Å². The molecule has 2 aromatic heterocycles. The second-order valence-electron chi connectivity index (χ2n) is 7.54. The Morgan fingerprint density at radius 1 is 1.03 bits per heavy atom. The summed E-state index contributed by atoms with van der Waals surface area (Å²) < 4.78 is 6.25. The van der Waals surface area contributed by atoms with E-state index in [9.17, 15) is 9.59 Å². The number of hydrogen-bond acceptors (Lipinski definition) is 5. The Kier molecular flexibility index (Phi) is 5.26. The fourth-order valence-corrected chi connectivity index (χ4v) is 5.04. The van der Waals surface area contributed by atoms with Crippen molar-refractivity contribution in [3.05, 3.63) is 83.3 Å². The Bertz CT molecular complexity index is 1180. The van der Waals surface area contributed by atoms with Crippen LogP contribution in [0.2, 0.25) is 0 Å². The monoisotopic (exact) mass is 431 g/mol. The zero-order chi connectivity index (χ0) is 21.2.